The Labute approximate surface area is 148 Å². The van der Waals surface area contributed by atoms with Gasteiger partial charge in [-0.15, -0.1) is 0 Å². The Balaban J connectivity index is 1.77. The molecule has 1 aromatic rings. The molecule has 0 aliphatic carbocycles. The van der Waals surface area contributed by atoms with Gasteiger partial charge in [0.25, 0.3) is 0 Å². The highest BCUT2D eigenvalue weighted by Crippen LogP contribution is 2.19. The highest BCUT2D eigenvalue weighted by atomic mass is 16.5. The quantitative estimate of drug-likeness (QED) is 0.299. The molecule has 0 saturated carbocycles. The molecule has 0 spiro atoms. The molecule has 0 saturated heterocycles. The molecule has 1 aromatic carbocycles. The summed E-state index contributed by atoms with van der Waals surface area (Å²) in [5.74, 6) is 0.746. The minimum absolute atomic E-state index is 0.562. The SMILES string of the molecule is CCCCCCCCCCCCCOCCOc1ccccc1N. The van der Waals surface area contributed by atoms with Crippen molar-refractivity contribution in [1.82, 2.24) is 0 Å². The van der Waals surface area contributed by atoms with E-state index in [-0.39, 0.29) is 0 Å². The zero-order chi connectivity index (χ0) is 17.3. The number of hydrogen-bond donors (Lipinski definition) is 1. The first-order valence-corrected chi connectivity index (χ1v) is 9.89. The number of ether oxygens (including phenoxy) is 2. The van der Waals surface area contributed by atoms with Crippen LogP contribution in [0.2, 0.25) is 0 Å². The largest absolute Gasteiger partial charge is 0.489 e. The summed E-state index contributed by atoms with van der Waals surface area (Å²) in [4.78, 5) is 0. The molecule has 3 nitrogen and oxygen atoms in total. The predicted molar refractivity (Wildman–Crippen MR) is 104 cm³/mol. The second-order valence-corrected chi connectivity index (χ2v) is 6.53. The summed E-state index contributed by atoms with van der Waals surface area (Å²) in [6.45, 7) is 4.30. The van der Waals surface area contributed by atoms with Gasteiger partial charge in [-0.05, 0) is 18.6 Å². The molecule has 0 radical (unpaired) electrons. The second-order valence-electron chi connectivity index (χ2n) is 6.53. The molecule has 0 unspecified atom stereocenters. The number of benzene rings is 1. The fraction of sp³-hybridized carbons (Fsp3) is 0.714. The zero-order valence-electron chi connectivity index (χ0n) is 15.6. The molecular weight excluding hydrogens is 298 g/mol. The first kappa shape index (κ1) is 20.8. The Kier molecular flexibility index (Phi) is 13.3. The number of hydrogen-bond acceptors (Lipinski definition) is 3. The number of unbranched alkanes of at least 4 members (excludes halogenated alkanes) is 10. The van der Waals surface area contributed by atoms with E-state index in [1.54, 1.807) is 0 Å². The van der Waals surface area contributed by atoms with E-state index >= 15 is 0 Å². The van der Waals surface area contributed by atoms with E-state index in [1.807, 2.05) is 24.3 Å². The van der Waals surface area contributed by atoms with Crippen molar-refractivity contribution < 1.29 is 9.47 Å². The Morgan fingerprint density at radius 2 is 1.29 bits per heavy atom. The Bertz CT molecular complexity index is 395. The molecule has 0 aliphatic heterocycles. The Hall–Kier alpha value is -1.22. The van der Waals surface area contributed by atoms with Gasteiger partial charge in [0, 0.05) is 6.61 Å². The maximum atomic E-state index is 5.82. The van der Waals surface area contributed by atoms with E-state index < -0.39 is 0 Å². The average Bonchev–Trinajstić information content (AvgIpc) is 2.60. The molecule has 0 aromatic heterocycles. The minimum atomic E-state index is 0.562. The molecule has 0 aliphatic rings. The molecule has 2 N–H and O–H groups in total. The van der Waals surface area contributed by atoms with Crippen molar-refractivity contribution in [3.63, 3.8) is 0 Å². The molecule has 0 amide bonds. The van der Waals surface area contributed by atoms with Crippen LogP contribution < -0.4 is 10.5 Å². The predicted octanol–water partition coefficient (Wildman–Crippen LogP) is 5.98. The molecule has 3 heteroatoms. The minimum Gasteiger partial charge on any atom is -0.489 e. The summed E-state index contributed by atoms with van der Waals surface area (Å²) >= 11 is 0. The molecule has 0 atom stereocenters. The molecule has 0 fully saturated rings. The summed E-state index contributed by atoms with van der Waals surface area (Å²) in [6.07, 6.45) is 15.0. The van der Waals surface area contributed by atoms with Crippen LogP contribution in [0.3, 0.4) is 0 Å². The Morgan fingerprint density at radius 3 is 1.92 bits per heavy atom. The number of rotatable bonds is 16. The van der Waals surface area contributed by atoms with Gasteiger partial charge in [-0.3, -0.25) is 0 Å². The summed E-state index contributed by atoms with van der Waals surface area (Å²) in [5, 5.41) is 0. The van der Waals surface area contributed by atoms with Crippen molar-refractivity contribution in [2.24, 2.45) is 0 Å². The van der Waals surface area contributed by atoms with Crippen LogP contribution in [-0.4, -0.2) is 19.8 Å². The lowest BCUT2D eigenvalue weighted by Gasteiger charge is -2.09. The van der Waals surface area contributed by atoms with E-state index in [0.29, 0.717) is 18.9 Å². The normalized spacial score (nSPS) is 10.9. The number of nitrogen functional groups attached to an aromatic ring is 1. The number of anilines is 1. The van der Waals surface area contributed by atoms with Crippen molar-refractivity contribution in [3.05, 3.63) is 24.3 Å². The highest BCUT2D eigenvalue weighted by molar-refractivity contribution is 5.51. The third kappa shape index (κ3) is 11.3. The van der Waals surface area contributed by atoms with Gasteiger partial charge in [-0.1, -0.05) is 83.3 Å². The van der Waals surface area contributed by atoms with Crippen LogP contribution in [0.15, 0.2) is 24.3 Å². The van der Waals surface area contributed by atoms with Crippen molar-refractivity contribution in [3.8, 4) is 5.75 Å². The van der Waals surface area contributed by atoms with Gasteiger partial charge in [0.15, 0.2) is 0 Å². The summed E-state index contributed by atoms with van der Waals surface area (Å²) in [6, 6.07) is 7.57. The third-order valence-electron chi connectivity index (χ3n) is 4.30. The lowest BCUT2D eigenvalue weighted by atomic mass is 10.1. The first-order valence-electron chi connectivity index (χ1n) is 9.89. The van der Waals surface area contributed by atoms with Crippen LogP contribution in [0, 0.1) is 0 Å². The highest BCUT2D eigenvalue weighted by Gasteiger charge is 1.98. The van der Waals surface area contributed by atoms with Gasteiger partial charge in [-0.2, -0.15) is 0 Å². The van der Waals surface area contributed by atoms with Gasteiger partial charge >= 0.3 is 0 Å². The fourth-order valence-corrected chi connectivity index (χ4v) is 2.79. The topological polar surface area (TPSA) is 44.5 Å². The first-order chi connectivity index (χ1) is 11.8. The van der Waals surface area contributed by atoms with Crippen molar-refractivity contribution >= 4 is 5.69 Å². The van der Waals surface area contributed by atoms with Gasteiger partial charge in [0.1, 0.15) is 12.4 Å². The van der Waals surface area contributed by atoms with E-state index in [1.165, 1.54) is 64.2 Å². The molecule has 1 rings (SSSR count). The standard InChI is InChI=1S/C21H37NO2/c1-2-3-4-5-6-7-8-9-10-11-14-17-23-18-19-24-21-16-13-12-15-20(21)22/h12-13,15-16H,2-11,14,17-19,22H2,1H3. The zero-order valence-corrected chi connectivity index (χ0v) is 15.6. The van der Waals surface area contributed by atoms with Crippen LogP contribution in [-0.2, 0) is 4.74 Å². The lowest BCUT2D eigenvalue weighted by molar-refractivity contribution is 0.0973. The fourth-order valence-electron chi connectivity index (χ4n) is 2.79. The maximum Gasteiger partial charge on any atom is 0.142 e. The summed E-state index contributed by atoms with van der Waals surface area (Å²) in [5.41, 5.74) is 6.50. The Morgan fingerprint density at radius 1 is 0.708 bits per heavy atom. The van der Waals surface area contributed by atoms with Crippen LogP contribution in [0.25, 0.3) is 0 Å². The van der Waals surface area contributed by atoms with E-state index in [4.69, 9.17) is 15.2 Å². The van der Waals surface area contributed by atoms with Gasteiger partial charge in [0.2, 0.25) is 0 Å². The molecule has 138 valence electrons. The maximum absolute atomic E-state index is 5.82. The van der Waals surface area contributed by atoms with Gasteiger partial charge < -0.3 is 15.2 Å². The van der Waals surface area contributed by atoms with Crippen molar-refractivity contribution in [1.29, 1.82) is 0 Å². The van der Waals surface area contributed by atoms with Crippen molar-refractivity contribution in [2.45, 2.75) is 77.6 Å². The lowest BCUT2D eigenvalue weighted by Crippen LogP contribution is -2.08. The smallest absolute Gasteiger partial charge is 0.142 e. The van der Waals surface area contributed by atoms with E-state index in [9.17, 15) is 0 Å². The summed E-state index contributed by atoms with van der Waals surface area (Å²) < 4.78 is 11.2. The van der Waals surface area contributed by atoms with Crippen LogP contribution in [0.1, 0.15) is 77.6 Å². The summed E-state index contributed by atoms with van der Waals surface area (Å²) in [7, 11) is 0. The van der Waals surface area contributed by atoms with Gasteiger partial charge in [0.05, 0.1) is 12.3 Å². The monoisotopic (exact) mass is 335 g/mol. The van der Waals surface area contributed by atoms with Gasteiger partial charge in [-0.25, -0.2) is 0 Å². The van der Waals surface area contributed by atoms with Crippen LogP contribution in [0.5, 0.6) is 5.75 Å². The molecule has 0 bridgehead atoms. The van der Waals surface area contributed by atoms with Crippen LogP contribution in [0.4, 0.5) is 5.69 Å². The number of nitrogens with two attached hydrogens (primary N) is 1. The molecular formula is C21H37NO2. The van der Waals surface area contributed by atoms with Crippen LogP contribution >= 0.6 is 0 Å². The number of para-hydroxylation sites is 2. The van der Waals surface area contributed by atoms with E-state index in [0.717, 1.165) is 18.8 Å². The molecule has 24 heavy (non-hydrogen) atoms. The average molecular weight is 336 g/mol. The third-order valence-corrected chi connectivity index (χ3v) is 4.30. The molecule has 0 heterocycles. The van der Waals surface area contributed by atoms with Crippen molar-refractivity contribution in [2.75, 3.05) is 25.6 Å². The van der Waals surface area contributed by atoms with E-state index in [2.05, 4.69) is 6.92 Å². The second kappa shape index (κ2) is 15.3.